The molecule has 0 aliphatic heterocycles. The number of benzene rings is 1. The lowest BCUT2D eigenvalue weighted by Crippen LogP contribution is -2.09. The summed E-state index contributed by atoms with van der Waals surface area (Å²) in [5.41, 5.74) is 9.37. The molecule has 0 fully saturated rings. The molecule has 86 valence electrons. The van der Waals surface area contributed by atoms with Crippen molar-refractivity contribution < 1.29 is 4.74 Å². The van der Waals surface area contributed by atoms with Crippen LogP contribution in [0.15, 0.2) is 18.2 Å². The predicted octanol–water partition coefficient (Wildman–Crippen LogP) is 2.55. The Morgan fingerprint density at radius 2 is 2.19 bits per heavy atom. The monoisotopic (exact) mass is 218 g/mol. The molecule has 16 heavy (non-hydrogen) atoms. The minimum atomic E-state index is 0.377. The molecule has 2 aromatic rings. The number of nitrogens with one attached hydrogen (secondary N) is 1. The van der Waals surface area contributed by atoms with E-state index in [9.17, 15) is 0 Å². The van der Waals surface area contributed by atoms with E-state index >= 15 is 0 Å². The molecule has 1 aromatic carbocycles. The summed E-state index contributed by atoms with van der Waals surface area (Å²) in [6, 6.07) is 6.11. The topological polar surface area (TPSA) is 51.0 Å². The Balaban J connectivity index is 2.62. The van der Waals surface area contributed by atoms with Crippen LogP contribution in [0.1, 0.15) is 24.1 Å². The van der Waals surface area contributed by atoms with Gasteiger partial charge in [0.15, 0.2) is 0 Å². The fraction of sp³-hybridized carbons (Fsp3) is 0.385. The summed E-state index contributed by atoms with van der Waals surface area (Å²) >= 11 is 0. The van der Waals surface area contributed by atoms with Gasteiger partial charge in [-0.3, -0.25) is 0 Å². The summed E-state index contributed by atoms with van der Waals surface area (Å²) in [4.78, 5) is 3.38. The van der Waals surface area contributed by atoms with Crippen molar-refractivity contribution in [2.75, 3.05) is 13.7 Å². The first kappa shape index (κ1) is 11.0. The molecule has 3 heteroatoms. The van der Waals surface area contributed by atoms with E-state index in [1.54, 1.807) is 7.11 Å². The first-order valence-electron chi connectivity index (χ1n) is 5.53. The van der Waals surface area contributed by atoms with Gasteiger partial charge in [-0.1, -0.05) is 6.92 Å². The lowest BCUT2D eigenvalue weighted by atomic mass is 9.98. The van der Waals surface area contributed by atoms with Gasteiger partial charge in [0.25, 0.3) is 0 Å². The predicted molar refractivity (Wildman–Crippen MR) is 67.1 cm³/mol. The number of ether oxygens (including phenoxy) is 1. The molecular weight excluding hydrogens is 200 g/mol. The van der Waals surface area contributed by atoms with E-state index in [-0.39, 0.29) is 0 Å². The smallest absolute Gasteiger partial charge is 0.120 e. The van der Waals surface area contributed by atoms with Gasteiger partial charge in [0.2, 0.25) is 0 Å². The Kier molecular flexibility index (Phi) is 2.88. The Morgan fingerprint density at radius 1 is 1.44 bits per heavy atom. The fourth-order valence-corrected chi connectivity index (χ4v) is 2.21. The average molecular weight is 218 g/mol. The first-order valence-corrected chi connectivity index (χ1v) is 5.53. The molecule has 0 amide bonds. The standard InChI is InChI=1S/C13H18N2O/c1-8(7-14)13-9(2)15-12-6-10(16-3)4-5-11(12)13/h4-6,8,15H,7,14H2,1-3H3. The van der Waals surface area contributed by atoms with Crippen molar-refractivity contribution in [3.8, 4) is 5.75 Å². The third kappa shape index (κ3) is 1.67. The molecule has 0 aliphatic rings. The van der Waals surface area contributed by atoms with Crippen molar-refractivity contribution in [3.63, 3.8) is 0 Å². The van der Waals surface area contributed by atoms with Crippen LogP contribution in [0.3, 0.4) is 0 Å². The molecule has 0 bridgehead atoms. The maximum atomic E-state index is 5.74. The minimum Gasteiger partial charge on any atom is -0.497 e. The largest absolute Gasteiger partial charge is 0.497 e. The van der Waals surface area contributed by atoms with Crippen molar-refractivity contribution in [1.29, 1.82) is 0 Å². The van der Waals surface area contributed by atoms with Crippen molar-refractivity contribution in [3.05, 3.63) is 29.5 Å². The van der Waals surface area contributed by atoms with Gasteiger partial charge < -0.3 is 15.5 Å². The maximum Gasteiger partial charge on any atom is 0.120 e. The van der Waals surface area contributed by atoms with E-state index < -0.39 is 0 Å². The molecule has 1 atom stereocenters. The SMILES string of the molecule is COc1ccc2c(C(C)CN)c(C)[nH]c2c1. The summed E-state index contributed by atoms with van der Waals surface area (Å²) in [5.74, 6) is 1.25. The molecule has 0 saturated carbocycles. The summed E-state index contributed by atoms with van der Waals surface area (Å²) in [6.45, 7) is 4.91. The summed E-state index contributed by atoms with van der Waals surface area (Å²) in [6.07, 6.45) is 0. The highest BCUT2D eigenvalue weighted by Crippen LogP contribution is 2.30. The normalized spacial score (nSPS) is 13.0. The van der Waals surface area contributed by atoms with E-state index in [4.69, 9.17) is 10.5 Å². The van der Waals surface area contributed by atoms with Crippen LogP contribution in [0.5, 0.6) is 5.75 Å². The third-order valence-corrected chi connectivity index (χ3v) is 3.09. The van der Waals surface area contributed by atoms with E-state index in [2.05, 4.69) is 24.9 Å². The first-order chi connectivity index (χ1) is 7.67. The number of nitrogens with two attached hydrogens (primary N) is 1. The second-order valence-electron chi connectivity index (χ2n) is 4.21. The van der Waals surface area contributed by atoms with Gasteiger partial charge in [-0.25, -0.2) is 0 Å². The van der Waals surface area contributed by atoms with Gasteiger partial charge in [-0.15, -0.1) is 0 Å². The zero-order chi connectivity index (χ0) is 11.7. The highest BCUT2D eigenvalue weighted by Gasteiger charge is 2.13. The highest BCUT2D eigenvalue weighted by molar-refractivity contribution is 5.86. The van der Waals surface area contributed by atoms with Crippen molar-refractivity contribution in [2.24, 2.45) is 5.73 Å². The highest BCUT2D eigenvalue weighted by atomic mass is 16.5. The average Bonchev–Trinajstić information content (AvgIpc) is 2.62. The lowest BCUT2D eigenvalue weighted by molar-refractivity contribution is 0.415. The number of hydrogen-bond donors (Lipinski definition) is 2. The Labute approximate surface area is 95.6 Å². The molecule has 0 spiro atoms. The number of methoxy groups -OCH3 is 1. The van der Waals surface area contributed by atoms with Crippen LogP contribution in [0.4, 0.5) is 0 Å². The van der Waals surface area contributed by atoms with E-state index in [1.165, 1.54) is 16.6 Å². The molecular formula is C13H18N2O. The Hall–Kier alpha value is -1.48. The summed E-state index contributed by atoms with van der Waals surface area (Å²) in [7, 11) is 1.68. The molecule has 3 N–H and O–H groups in total. The van der Waals surface area contributed by atoms with Gasteiger partial charge in [0.1, 0.15) is 5.75 Å². The molecule has 0 saturated heterocycles. The quantitative estimate of drug-likeness (QED) is 0.831. The number of aromatic nitrogens is 1. The van der Waals surface area contributed by atoms with Crippen molar-refractivity contribution in [1.82, 2.24) is 4.98 Å². The van der Waals surface area contributed by atoms with Gasteiger partial charge in [-0.2, -0.15) is 0 Å². The molecule has 2 rings (SSSR count). The van der Waals surface area contributed by atoms with Gasteiger partial charge in [0.05, 0.1) is 7.11 Å². The fourth-order valence-electron chi connectivity index (χ4n) is 2.21. The zero-order valence-corrected chi connectivity index (χ0v) is 10.0. The molecule has 1 unspecified atom stereocenters. The number of aryl methyl sites for hydroxylation is 1. The number of fused-ring (bicyclic) bond motifs is 1. The van der Waals surface area contributed by atoms with Crippen molar-refractivity contribution in [2.45, 2.75) is 19.8 Å². The maximum absolute atomic E-state index is 5.74. The minimum absolute atomic E-state index is 0.377. The van der Waals surface area contributed by atoms with Gasteiger partial charge in [-0.05, 0) is 37.1 Å². The number of aromatic amines is 1. The Bertz CT molecular complexity index is 502. The van der Waals surface area contributed by atoms with E-state index in [1.807, 2.05) is 12.1 Å². The number of hydrogen-bond acceptors (Lipinski definition) is 2. The van der Waals surface area contributed by atoms with Crippen LogP contribution in [-0.4, -0.2) is 18.6 Å². The van der Waals surface area contributed by atoms with Crippen LogP contribution in [-0.2, 0) is 0 Å². The molecule has 0 radical (unpaired) electrons. The zero-order valence-electron chi connectivity index (χ0n) is 10.0. The summed E-state index contributed by atoms with van der Waals surface area (Å²) < 4.78 is 5.21. The van der Waals surface area contributed by atoms with Crippen LogP contribution in [0.2, 0.25) is 0 Å². The summed E-state index contributed by atoms with van der Waals surface area (Å²) in [5, 5.41) is 1.25. The lowest BCUT2D eigenvalue weighted by Gasteiger charge is -2.08. The second-order valence-corrected chi connectivity index (χ2v) is 4.21. The molecule has 1 aromatic heterocycles. The van der Waals surface area contributed by atoms with E-state index in [0.29, 0.717) is 12.5 Å². The molecule has 1 heterocycles. The van der Waals surface area contributed by atoms with Gasteiger partial charge in [0, 0.05) is 22.7 Å². The second kappa shape index (κ2) is 4.18. The molecule has 3 nitrogen and oxygen atoms in total. The Morgan fingerprint density at radius 3 is 2.81 bits per heavy atom. The third-order valence-electron chi connectivity index (χ3n) is 3.09. The van der Waals surface area contributed by atoms with E-state index in [0.717, 1.165) is 11.3 Å². The molecule has 0 aliphatic carbocycles. The number of rotatable bonds is 3. The van der Waals surface area contributed by atoms with Crippen LogP contribution in [0, 0.1) is 6.92 Å². The van der Waals surface area contributed by atoms with Gasteiger partial charge >= 0.3 is 0 Å². The number of H-pyrrole nitrogens is 1. The van der Waals surface area contributed by atoms with Crippen LogP contribution >= 0.6 is 0 Å². The van der Waals surface area contributed by atoms with Crippen LogP contribution < -0.4 is 10.5 Å². The van der Waals surface area contributed by atoms with Crippen LogP contribution in [0.25, 0.3) is 10.9 Å². The van der Waals surface area contributed by atoms with Crippen molar-refractivity contribution >= 4 is 10.9 Å².